The number of aromatic nitrogens is 2. The molecule has 62 heavy (non-hydrogen) atoms. The predicted octanol–water partition coefficient (Wildman–Crippen LogP) is 16.4. The van der Waals surface area contributed by atoms with Crippen LogP contribution in [0.3, 0.4) is 0 Å². The van der Waals surface area contributed by atoms with Crippen molar-refractivity contribution in [2.75, 3.05) is 0 Å². The van der Waals surface area contributed by atoms with Gasteiger partial charge in [-0.15, -0.1) is 0 Å². The molecule has 2 heteroatoms. The SMILES string of the molecule is Cc1ccc2c(c1)c(-c1ccc3ccc(-c4cc5c6ccc(C)c7c6c(cc5c5ccc(C)cc45)-c4ncccc4-7)cc3c1)cc1c3ccc(C)c4c3c(cc21)-c1ncccc1-4. The molecule has 0 spiro atoms. The average molecular weight is 787 g/mol. The Morgan fingerprint density at radius 1 is 0.306 bits per heavy atom. The molecule has 0 radical (unpaired) electrons. The van der Waals surface area contributed by atoms with Gasteiger partial charge in [0.2, 0.25) is 0 Å². The molecule has 0 aliphatic heterocycles. The summed E-state index contributed by atoms with van der Waals surface area (Å²) in [7, 11) is 0. The van der Waals surface area contributed by atoms with E-state index in [1.165, 1.54) is 153 Å². The fraction of sp³-hybridized carbons (Fsp3) is 0.0667. The molecule has 2 heterocycles. The fourth-order valence-electron chi connectivity index (χ4n) is 11.5. The van der Waals surface area contributed by atoms with E-state index in [9.17, 15) is 0 Å². The zero-order valence-corrected chi connectivity index (χ0v) is 34.9. The van der Waals surface area contributed by atoms with E-state index < -0.39 is 0 Å². The van der Waals surface area contributed by atoms with Crippen molar-refractivity contribution >= 4 is 75.4 Å². The summed E-state index contributed by atoms with van der Waals surface area (Å²) in [5.74, 6) is 0. The van der Waals surface area contributed by atoms with E-state index >= 15 is 0 Å². The van der Waals surface area contributed by atoms with Crippen molar-refractivity contribution in [1.29, 1.82) is 0 Å². The van der Waals surface area contributed by atoms with Crippen LogP contribution in [-0.2, 0) is 0 Å². The predicted molar refractivity (Wildman–Crippen MR) is 263 cm³/mol. The van der Waals surface area contributed by atoms with Gasteiger partial charge in [0.15, 0.2) is 0 Å². The van der Waals surface area contributed by atoms with Gasteiger partial charge in [0.25, 0.3) is 0 Å². The molecule has 0 saturated heterocycles. The molecule has 0 N–H and O–H groups in total. The molecule has 2 nitrogen and oxygen atoms in total. The Morgan fingerprint density at radius 2 is 0.742 bits per heavy atom. The molecular formula is C60H38N2. The van der Waals surface area contributed by atoms with Crippen molar-refractivity contribution in [3.05, 3.63) is 180 Å². The van der Waals surface area contributed by atoms with Crippen molar-refractivity contribution < 1.29 is 0 Å². The molecule has 14 rings (SSSR count). The lowest BCUT2D eigenvalue weighted by Gasteiger charge is -2.17. The number of nitrogens with zero attached hydrogens (tertiary/aromatic N) is 2. The Labute approximate surface area is 358 Å². The standard InChI is InChI=1S/C60H38N2/c1-31-9-17-39-47(23-31)45(27-51-41-19-11-33(3)55-43-7-5-21-61-59(43)53(57(41)55)29-49(39)51)36-15-13-35-14-16-37(26-38(35)25-36)46-28-52-42-20-12-34(4)56-44-8-6-22-62-60(44)54(58(42)56)30-50(52)40-18-10-32(2)24-48(40)46/h5-30H,1-4H3. The highest BCUT2D eigenvalue weighted by Gasteiger charge is 2.28. The maximum absolute atomic E-state index is 4.93. The number of rotatable bonds is 2. The summed E-state index contributed by atoms with van der Waals surface area (Å²) in [6.45, 7) is 8.87. The largest absolute Gasteiger partial charge is 0.256 e. The first-order valence-electron chi connectivity index (χ1n) is 21.7. The topological polar surface area (TPSA) is 25.8 Å². The molecule has 12 aromatic rings. The van der Waals surface area contributed by atoms with Gasteiger partial charge in [-0.05, 0) is 196 Å². The summed E-state index contributed by atoms with van der Waals surface area (Å²) in [5.41, 5.74) is 19.8. The van der Waals surface area contributed by atoms with Gasteiger partial charge in [0, 0.05) is 34.6 Å². The summed E-state index contributed by atoms with van der Waals surface area (Å²) in [6, 6.07) is 55.6. The Balaban J connectivity index is 1.01. The van der Waals surface area contributed by atoms with Crippen LogP contribution in [0, 0.1) is 27.7 Å². The zero-order chi connectivity index (χ0) is 41.1. The molecule has 0 saturated carbocycles. The lowest BCUT2D eigenvalue weighted by Crippen LogP contribution is -1.90. The maximum atomic E-state index is 4.93. The second kappa shape index (κ2) is 12.0. The van der Waals surface area contributed by atoms with Crippen LogP contribution in [0.25, 0.3) is 142 Å². The summed E-state index contributed by atoms with van der Waals surface area (Å²) in [6.07, 6.45) is 3.86. The van der Waals surface area contributed by atoms with E-state index in [1.54, 1.807) is 0 Å². The van der Waals surface area contributed by atoms with Gasteiger partial charge < -0.3 is 0 Å². The van der Waals surface area contributed by atoms with Gasteiger partial charge in [-0.3, -0.25) is 9.97 Å². The highest BCUT2D eigenvalue weighted by atomic mass is 14.7. The van der Waals surface area contributed by atoms with Gasteiger partial charge >= 0.3 is 0 Å². The second-order valence-electron chi connectivity index (χ2n) is 17.9. The third-order valence-corrected chi connectivity index (χ3v) is 14.3. The van der Waals surface area contributed by atoms with E-state index in [-0.39, 0.29) is 0 Å². The molecule has 0 fully saturated rings. The van der Waals surface area contributed by atoms with Gasteiger partial charge in [-0.25, -0.2) is 0 Å². The minimum atomic E-state index is 1.09. The van der Waals surface area contributed by atoms with E-state index in [0.717, 1.165) is 11.4 Å². The first kappa shape index (κ1) is 34.1. The van der Waals surface area contributed by atoms with Crippen molar-refractivity contribution in [2.45, 2.75) is 27.7 Å². The van der Waals surface area contributed by atoms with Crippen LogP contribution in [0.1, 0.15) is 22.3 Å². The van der Waals surface area contributed by atoms with Crippen LogP contribution in [0.5, 0.6) is 0 Å². The first-order chi connectivity index (χ1) is 30.4. The monoisotopic (exact) mass is 786 g/mol. The number of fused-ring (bicyclic) bond motifs is 15. The third kappa shape index (κ3) is 4.43. The van der Waals surface area contributed by atoms with Crippen LogP contribution in [0.4, 0.5) is 0 Å². The quantitative estimate of drug-likeness (QED) is 0.163. The van der Waals surface area contributed by atoms with Crippen molar-refractivity contribution in [2.24, 2.45) is 0 Å². The van der Waals surface area contributed by atoms with Gasteiger partial charge in [0.1, 0.15) is 0 Å². The van der Waals surface area contributed by atoms with E-state index in [4.69, 9.17) is 9.97 Å². The minimum absolute atomic E-state index is 1.09. The smallest absolute Gasteiger partial charge is 0.0787 e. The maximum Gasteiger partial charge on any atom is 0.0787 e. The van der Waals surface area contributed by atoms with Crippen molar-refractivity contribution in [3.8, 4) is 67.0 Å². The van der Waals surface area contributed by atoms with Gasteiger partial charge in [-0.1, -0.05) is 108 Å². The van der Waals surface area contributed by atoms with E-state index in [2.05, 4.69) is 173 Å². The molecule has 10 aromatic carbocycles. The van der Waals surface area contributed by atoms with Crippen LogP contribution in [-0.4, -0.2) is 9.97 Å². The van der Waals surface area contributed by atoms with Gasteiger partial charge in [-0.2, -0.15) is 0 Å². The molecule has 0 unspecified atom stereocenters. The number of pyridine rings is 2. The summed E-state index contributed by atoms with van der Waals surface area (Å²) < 4.78 is 0. The Bertz CT molecular complexity index is 3810. The normalized spacial score (nSPS) is 12.5. The summed E-state index contributed by atoms with van der Waals surface area (Å²) in [5, 5.41) is 17.9. The molecular weight excluding hydrogens is 749 g/mol. The molecule has 0 amide bonds. The average Bonchev–Trinajstić information content (AvgIpc) is 3.82. The Morgan fingerprint density at radius 3 is 1.23 bits per heavy atom. The highest BCUT2D eigenvalue weighted by molar-refractivity contribution is 6.30. The lowest BCUT2D eigenvalue weighted by atomic mass is 9.86. The third-order valence-electron chi connectivity index (χ3n) is 14.3. The van der Waals surface area contributed by atoms with Crippen molar-refractivity contribution in [3.63, 3.8) is 0 Å². The highest BCUT2D eigenvalue weighted by Crippen LogP contribution is 2.53. The fourth-order valence-corrected chi connectivity index (χ4v) is 11.5. The van der Waals surface area contributed by atoms with Gasteiger partial charge in [0.05, 0.1) is 11.4 Å². The first-order valence-corrected chi connectivity index (χ1v) is 21.7. The number of hydrogen-bond acceptors (Lipinski definition) is 2. The molecule has 0 atom stereocenters. The van der Waals surface area contributed by atoms with Crippen LogP contribution in [0.15, 0.2) is 158 Å². The van der Waals surface area contributed by atoms with E-state index in [1.807, 2.05) is 12.4 Å². The summed E-state index contributed by atoms with van der Waals surface area (Å²) in [4.78, 5) is 9.86. The number of benzene rings is 10. The van der Waals surface area contributed by atoms with Crippen LogP contribution in [0.2, 0.25) is 0 Å². The van der Waals surface area contributed by atoms with Crippen LogP contribution >= 0.6 is 0 Å². The Hall–Kier alpha value is -7.68. The number of hydrogen-bond donors (Lipinski definition) is 0. The molecule has 288 valence electrons. The molecule has 0 bridgehead atoms. The molecule has 2 aromatic heterocycles. The van der Waals surface area contributed by atoms with Crippen molar-refractivity contribution in [1.82, 2.24) is 9.97 Å². The van der Waals surface area contributed by atoms with E-state index in [0.29, 0.717) is 0 Å². The number of aryl methyl sites for hydroxylation is 4. The minimum Gasteiger partial charge on any atom is -0.256 e. The van der Waals surface area contributed by atoms with Crippen LogP contribution < -0.4 is 0 Å². The molecule has 2 aliphatic carbocycles. The zero-order valence-electron chi connectivity index (χ0n) is 34.9. The molecule has 2 aliphatic rings. The second-order valence-corrected chi connectivity index (χ2v) is 17.9. The summed E-state index contributed by atoms with van der Waals surface area (Å²) >= 11 is 0. The Kier molecular flexibility index (Phi) is 6.59. The lowest BCUT2D eigenvalue weighted by molar-refractivity contribution is 1.34.